The van der Waals surface area contributed by atoms with Crippen LogP contribution in [0.15, 0.2) is 23.3 Å². The van der Waals surface area contributed by atoms with Crippen LogP contribution in [0.3, 0.4) is 0 Å². The molecule has 1 radical (unpaired) electrons. The Balaban J connectivity index is 2.87. The zero-order valence-corrected chi connectivity index (χ0v) is 6.07. The van der Waals surface area contributed by atoms with Crippen LogP contribution in [-0.4, -0.2) is 6.18 Å². The van der Waals surface area contributed by atoms with E-state index in [1.165, 1.54) is 19.1 Å². The van der Waals surface area contributed by atoms with Crippen molar-refractivity contribution in [3.8, 4) is 0 Å². The quantitative estimate of drug-likeness (QED) is 0.512. The topological polar surface area (TPSA) is 0 Å². The van der Waals surface area contributed by atoms with Crippen molar-refractivity contribution < 1.29 is 13.2 Å². The average molecular weight is 161 g/mol. The molecule has 11 heavy (non-hydrogen) atoms. The van der Waals surface area contributed by atoms with Gasteiger partial charge in [-0.25, -0.2) is 0 Å². The Labute approximate surface area is 63.4 Å². The van der Waals surface area contributed by atoms with Crippen molar-refractivity contribution in [3.63, 3.8) is 0 Å². The minimum atomic E-state index is -4.19. The highest BCUT2D eigenvalue weighted by Crippen LogP contribution is 2.33. The van der Waals surface area contributed by atoms with E-state index in [1.54, 1.807) is 6.42 Å². The lowest BCUT2D eigenvalue weighted by Crippen LogP contribution is -2.14. The van der Waals surface area contributed by atoms with Crippen LogP contribution in [0.1, 0.15) is 13.3 Å². The fourth-order valence-electron chi connectivity index (χ4n) is 1.02. The molecule has 0 heterocycles. The highest BCUT2D eigenvalue weighted by atomic mass is 19.4. The van der Waals surface area contributed by atoms with Crippen LogP contribution < -0.4 is 0 Å². The number of hydrogen-bond donors (Lipinski definition) is 0. The maximum atomic E-state index is 12.1. The second-order valence-corrected chi connectivity index (χ2v) is 2.44. The summed E-state index contributed by atoms with van der Waals surface area (Å²) in [5.74, 6) is 0. The molecule has 0 bridgehead atoms. The molecule has 0 nitrogen and oxygen atoms in total. The van der Waals surface area contributed by atoms with E-state index in [0.29, 0.717) is 12.0 Å². The maximum absolute atomic E-state index is 12.1. The lowest BCUT2D eigenvalue weighted by Gasteiger charge is -2.15. The molecular weight excluding hydrogens is 153 g/mol. The van der Waals surface area contributed by atoms with Gasteiger partial charge in [0.15, 0.2) is 0 Å². The van der Waals surface area contributed by atoms with Crippen molar-refractivity contribution in [1.82, 2.24) is 0 Å². The molecule has 0 aromatic rings. The number of halogens is 3. The van der Waals surface area contributed by atoms with Gasteiger partial charge in [-0.1, -0.05) is 12.2 Å². The molecule has 0 spiro atoms. The smallest absolute Gasteiger partial charge is 0.166 e. The molecule has 0 unspecified atom stereocenters. The van der Waals surface area contributed by atoms with Gasteiger partial charge in [0, 0.05) is 0 Å². The number of alkyl halides is 3. The zero-order chi connectivity index (χ0) is 8.48. The third kappa shape index (κ3) is 1.85. The first-order chi connectivity index (χ1) is 5.02. The van der Waals surface area contributed by atoms with Crippen LogP contribution in [0.5, 0.6) is 0 Å². The molecule has 0 saturated carbocycles. The van der Waals surface area contributed by atoms with Gasteiger partial charge in [0.1, 0.15) is 0 Å². The predicted molar refractivity (Wildman–Crippen MR) is 36.8 cm³/mol. The van der Waals surface area contributed by atoms with Gasteiger partial charge in [-0.05, 0) is 25.3 Å². The van der Waals surface area contributed by atoms with E-state index in [9.17, 15) is 13.2 Å². The molecule has 0 aliphatic heterocycles. The van der Waals surface area contributed by atoms with Crippen molar-refractivity contribution in [2.45, 2.75) is 19.5 Å². The van der Waals surface area contributed by atoms with Gasteiger partial charge < -0.3 is 0 Å². The summed E-state index contributed by atoms with van der Waals surface area (Å²) in [4.78, 5) is 0. The Hall–Kier alpha value is -0.730. The minimum absolute atomic E-state index is 0.295. The van der Waals surface area contributed by atoms with Crippen LogP contribution >= 0.6 is 0 Å². The fraction of sp³-hybridized carbons (Fsp3) is 0.375. The Bertz CT molecular complexity index is 208. The standard InChI is InChI=1S/C8H8F3/c1-6-4-2-3-5-7(6)8(9,10)11/h2,4-5H,3H2,1H3. The first-order valence-electron chi connectivity index (χ1n) is 3.29. The van der Waals surface area contributed by atoms with Gasteiger partial charge in [-0.15, -0.1) is 0 Å². The second-order valence-electron chi connectivity index (χ2n) is 2.44. The molecule has 0 amide bonds. The Kier molecular flexibility index (Phi) is 2.07. The van der Waals surface area contributed by atoms with E-state index in [1.807, 2.05) is 0 Å². The summed E-state index contributed by atoms with van der Waals surface area (Å²) < 4.78 is 36.2. The fourth-order valence-corrected chi connectivity index (χ4v) is 1.02. The van der Waals surface area contributed by atoms with Gasteiger partial charge >= 0.3 is 6.18 Å². The van der Waals surface area contributed by atoms with Crippen LogP contribution in [-0.2, 0) is 0 Å². The van der Waals surface area contributed by atoms with E-state index < -0.39 is 11.7 Å². The largest absolute Gasteiger partial charge is 0.416 e. The SMILES string of the molecule is CC1=C[CH]CC=C1C(F)(F)F. The van der Waals surface area contributed by atoms with Gasteiger partial charge in [0.2, 0.25) is 0 Å². The molecular formula is C8H8F3. The molecule has 0 aromatic heterocycles. The zero-order valence-electron chi connectivity index (χ0n) is 6.07. The van der Waals surface area contributed by atoms with Crippen molar-refractivity contribution in [3.05, 3.63) is 29.7 Å². The Morgan fingerprint density at radius 1 is 1.36 bits per heavy atom. The first kappa shape index (κ1) is 8.37. The van der Waals surface area contributed by atoms with Crippen molar-refractivity contribution in [2.75, 3.05) is 0 Å². The molecule has 3 heteroatoms. The monoisotopic (exact) mass is 161 g/mol. The first-order valence-corrected chi connectivity index (χ1v) is 3.29. The second kappa shape index (κ2) is 2.72. The third-order valence-corrected chi connectivity index (χ3v) is 1.56. The van der Waals surface area contributed by atoms with Crippen molar-refractivity contribution in [1.29, 1.82) is 0 Å². The molecule has 0 N–H and O–H groups in total. The summed E-state index contributed by atoms with van der Waals surface area (Å²) >= 11 is 0. The van der Waals surface area contributed by atoms with Crippen LogP contribution in [0.25, 0.3) is 0 Å². The molecule has 0 fully saturated rings. The predicted octanol–water partition coefficient (Wildman–Crippen LogP) is 3.03. The summed E-state index contributed by atoms with van der Waals surface area (Å²) in [6, 6.07) is 0. The van der Waals surface area contributed by atoms with E-state index in [0.717, 1.165) is 0 Å². The van der Waals surface area contributed by atoms with E-state index >= 15 is 0 Å². The van der Waals surface area contributed by atoms with E-state index in [-0.39, 0.29) is 0 Å². The molecule has 1 rings (SSSR count). The highest BCUT2D eigenvalue weighted by Gasteiger charge is 2.34. The third-order valence-electron chi connectivity index (χ3n) is 1.56. The summed E-state index contributed by atoms with van der Waals surface area (Å²) in [6.07, 6.45) is 0.615. The normalized spacial score (nSPS) is 19.3. The molecule has 0 aromatic carbocycles. The average Bonchev–Trinajstić information content (AvgIpc) is 1.86. The number of allylic oxidation sites excluding steroid dienone is 4. The maximum Gasteiger partial charge on any atom is 0.416 e. The van der Waals surface area contributed by atoms with Gasteiger partial charge in [-0.3, -0.25) is 0 Å². The molecule has 1 aliphatic carbocycles. The van der Waals surface area contributed by atoms with Gasteiger partial charge in [0.25, 0.3) is 0 Å². The van der Waals surface area contributed by atoms with Gasteiger partial charge in [0.05, 0.1) is 5.57 Å². The molecule has 1 aliphatic rings. The summed E-state index contributed by atoms with van der Waals surface area (Å²) in [7, 11) is 0. The summed E-state index contributed by atoms with van der Waals surface area (Å²) in [5, 5.41) is 0. The summed E-state index contributed by atoms with van der Waals surface area (Å²) in [6.45, 7) is 1.47. The lowest BCUT2D eigenvalue weighted by atomic mass is 9.99. The number of rotatable bonds is 0. The lowest BCUT2D eigenvalue weighted by molar-refractivity contribution is -0.0896. The number of hydrogen-bond acceptors (Lipinski definition) is 0. The van der Waals surface area contributed by atoms with Crippen LogP contribution in [0, 0.1) is 6.42 Å². The molecule has 0 atom stereocenters. The Morgan fingerprint density at radius 2 is 2.00 bits per heavy atom. The minimum Gasteiger partial charge on any atom is -0.166 e. The van der Waals surface area contributed by atoms with Gasteiger partial charge in [-0.2, -0.15) is 13.2 Å². The van der Waals surface area contributed by atoms with Crippen molar-refractivity contribution in [2.24, 2.45) is 0 Å². The van der Waals surface area contributed by atoms with E-state index in [4.69, 9.17) is 0 Å². The van der Waals surface area contributed by atoms with E-state index in [2.05, 4.69) is 0 Å². The molecule has 0 saturated heterocycles. The summed E-state index contributed by atoms with van der Waals surface area (Å²) in [5.41, 5.74) is -0.205. The van der Waals surface area contributed by atoms with Crippen LogP contribution in [0.4, 0.5) is 13.2 Å². The van der Waals surface area contributed by atoms with Crippen molar-refractivity contribution >= 4 is 0 Å². The Morgan fingerprint density at radius 3 is 2.36 bits per heavy atom. The molecule has 61 valence electrons. The van der Waals surface area contributed by atoms with Crippen LogP contribution in [0.2, 0.25) is 0 Å². The highest BCUT2D eigenvalue weighted by molar-refractivity contribution is 5.38.